The van der Waals surface area contributed by atoms with Crippen molar-refractivity contribution in [2.75, 3.05) is 19.8 Å². The first-order valence-corrected chi connectivity index (χ1v) is 7.25. The lowest BCUT2D eigenvalue weighted by molar-refractivity contribution is -0.0626. The van der Waals surface area contributed by atoms with Crippen molar-refractivity contribution < 1.29 is 9.84 Å². The third-order valence-corrected chi connectivity index (χ3v) is 4.44. The fourth-order valence-electron chi connectivity index (χ4n) is 2.24. The van der Waals surface area contributed by atoms with Gasteiger partial charge in [0.05, 0.1) is 15.6 Å². The first-order valence-electron chi connectivity index (χ1n) is 6.49. The second kappa shape index (κ2) is 6.42. The third kappa shape index (κ3) is 3.83. The summed E-state index contributed by atoms with van der Waals surface area (Å²) in [4.78, 5) is 0. The maximum atomic E-state index is 10.4. The molecule has 0 radical (unpaired) electrons. The van der Waals surface area contributed by atoms with E-state index in [1.165, 1.54) is 0 Å². The van der Waals surface area contributed by atoms with Gasteiger partial charge in [-0.2, -0.15) is 0 Å². The number of hydrogen-bond acceptors (Lipinski definition) is 3. The first-order chi connectivity index (χ1) is 9.02. The lowest BCUT2D eigenvalue weighted by Gasteiger charge is -2.33. The molecule has 1 aliphatic rings. The van der Waals surface area contributed by atoms with E-state index >= 15 is 0 Å². The number of benzene rings is 1. The number of rotatable bonds is 4. The third-order valence-electron chi connectivity index (χ3n) is 3.61. The molecule has 1 unspecified atom stereocenters. The number of hydrogen-bond donors (Lipinski definition) is 2. The first kappa shape index (κ1) is 15.1. The Morgan fingerprint density at radius 3 is 2.74 bits per heavy atom. The van der Waals surface area contributed by atoms with Crippen molar-refractivity contribution in [1.82, 2.24) is 5.32 Å². The molecule has 0 amide bonds. The van der Waals surface area contributed by atoms with Crippen LogP contribution in [-0.4, -0.2) is 30.5 Å². The van der Waals surface area contributed by atoms with E-state index in [2.05, 4.69) is 5.32 Å². The van der Waals surface area contributed by atoms with E-state index in [0.717, 1.165) is 5.56 Å². The van der Waals surface area contributed by atoms with Crippen LogP contribution in [-0.2, 0) is 4.74 Å². The largest absolute Gasteiger partial charge is 0.388 e. The van der Waals surface area contributed by atoms with E-state index in [-0.39, 0.29) is 6.04 Å². The quantitative estimate of drug-likeness (QED) is 0.897. The Labute approximate surface area is 123 Å². The zero-order valence-electron chi connectivity index (χ0n) is 11.0. The second-order valence-electron chi connectivity index (χ2n) is 5.08. The fourth-order valence-corrected chi connectivity index (χ4v) is 2.71. The smallest absolute Gasteiger partial charge is 0.0815 e. The summed E-state index contributed by atoms with van der Waals surface area (Å²) >= 11 is 12.2. The molecule has 0 aromatic heterocycles. The van der Waals surface area contributed by atoms with Gasteiger partial charge >= 0.3 is 0 Å². The van der Waals surface area contributed by atoms with Crippen molar-refractivity contribution in [3.05, 3.63) is 33.8 Å². The summed E-state index contributed by atoms with van der Waals surface area (Å²) in [5, 5.41) is 14.8. The lowest BCUT2D eigenvalue weighted by Crippen LogP contribution is -2.45. The average Bonchev–Trinajstić information content (AvgIpc) is 2.40. The van der Waals surface area contributed by atoms with Crippen molar-refractivity contribution in [2.24, 2.45) is 0 Å². The predicted molar refractivity (Wildman–Crippen MR) is 77.9 cm³/mol. The highest BCUT2D eigenvalue weighted by atomic mass is 35.5. The summed E-state index contributed by atoms with van der Waals surface area (Å²) in [7, 11) is 0. The monoisotopic (exact) mass is 303 g/mol. The average molecular weight is 304 g/mol. The van der Waals surface area contributed by atoms with Gasteiger partial charge in [-0.15, -0.1) is 0 Å². The van der Waals surface area contributed by atoms with Crippen molar-refractivity contribution in [3.8, 4) is 0 Å². The molecule has 1 fully saturated rings. The Hall–Kier alpha value is -0.320. The topological polar surface area (TPSA) is 41.5 Å². The fraction of sp³-hybridized carbons (Fsp3) is 0.571. The number of halogens is 2. The Balaban J connectivity index is 1.97. The van der Waals surface area contributed by atoms with Gasteiger partial charge in [-0.25, -0.2) is 0 Å². The SMILES string of the molecule is CC(NCC1(O)CCOCC1)c1cccc(Cl)c1Cl. The lowest BCUT2D eigenvalue weighted by atomic mass is 9.94. The molecule has 0 saturated carbocycles. The van der Waals surface area contributed by atoms with Crippen molar-refractivity contribution in [3.63, 3.8) is 0 Å². The molecule has 1 atom stereocenters. The molecular formula is C14H19Cl2NO2. The maximum absolute atomic E-state index is 10.4. The summed E-state index contributed by atoms with van der Waals surface area (Å²) in [5.41, 5.74) is 0.266. The highest BCUT2D eigenvalue weighted by molar-refractivity contribution is 6.42. The van der Waals surface area contributed by atoms with E-state index in [9.17, 15) is 5.11 Å². The Kier molecular flexibility index (Phi) is 5.09. The molecule has 0 bridgehead atoms. The number of ether oxygens (including phenoxy) is 1. The van der Waals surface area contributed by atoms with Gasteiger partial charge in [0, 0.05) is 38.6 Å². The van der Waals surface area contributed by atoms with Gasteiger partial charge in [0.25, 0.3) is 0 Å². The summed E-state index contributed by atoms with van der Waals surface area (Å²) in [5.74, 6) is 0. The van der Waals surface area contributed by atoms with E-state index < -0.39 is 5.60 Å². The van der Waals surface area contributed by atoms with Crippen LogP contribution >= 0.6 is 23.2 Å². The van der Waals surface area contributed by atoms with Crippen LogP contribution in [0.5, 0.6) is 0 Å². The van der Waals surface area contributed by atoms with E-state index in [1.807, 2.05) is 19.1 Å². The molecule has 0 aliphatic carbocycles. The minimum atomic E-state index is -0.683. The van der Waals surface area contributed by atoms with Gasteiger partial charge in [-0.1, -0.05) is 35.3 Å². The van der Waals surface area contributed by atoms with Crippen LogP contribution in [0.25, 0.3) is 0 Å². The van der Waals surface area contributed by atoms with Crippen LogP contribution in [0, 0.1) is 0 Å². The molecule has 1 heterocycles. The standard InChI is InChI=1S/C14H19Cl2NO2/c1-10(11-3-2-4-12(15)13(11)16)17-9-14(18)5-7-19-8-6-14/h2-4,10,17-18H,5-9H2,1H3. The van der Waals surface area contributed by atoms with Crippen LogP contribution in [0.3, 0.4) is 0 Å². The Morgan fingerprint density at radius 2 is 2.05 bits per heavy atom. The number of aliphatic hydroxyl groups is 1. The molecule has 1 saturated heterocycles. The highest BCUT2D eigenvalue weighted by Gasteiger charge is 2.30. The van der Waals surface area contributed by atoms with Gasteiger partial charge < -0.3 is 15.2 Å². The molecule has 0 spiro atoms. The summed E-state index contributed by atoms with van der Waals surface area (Å²) < 4.78 is 5.26. The zero-order valence-corrected chi connectivity index (χ0v) is 12.5. The molecule has 1 aliphatic heterocycles. The van der Waals surface area contributed by atoms with Gasteiger partial charge in [-0.3, -0.25) is 0 Å². The van der Waals surface area contributed by atoms with E-state index in [4.69, 9.17) is 27.9 Å². The van der Waals surface area contributed by atoms with E-state index in [1.54, 1.807) is 6.07 Å². The highest BCUT2D eigenvalue weighted by Crippen LogP contribution is 2.30. The second-order valence-corrected chi connectivity index (χ2v) is 5.87. The Bertz CT molecular complexity index is 433. The van der Waals surface area contributed by atoms with Gasteiger partial charge in [-0.05, 0) is 18.6 Å². The zero-order chi connectivity index (χ0) is 13.9. The molecule has 3 nitrogen and oxygen atoms in total. The molecule has 1 aromatic carbocycles. The van der Waals surface area contributed by atoms with Crippen molar-refractivity contribution >= 4 is 23.2 Å². The van der Waals surface area contributed by atoms with Crippen LogP contribution in [0.15, 0.2) is 18.2 Å². The van der Waals surface area contributed by atoms with Gasteiger partial charge in [0.1, 0.15) is 0 Å². The van der Waals surface area contributed by atoms with Crippen molar-refractivity contribution in [2.45, 2.75) is 31.4 Å². The molecular weight excluding hydrogens is 285 g/mol. The van der Waals surface area contributed by atoms with Crippen LogP contribution in [0.2, 0.25) is 10.0 Å². The normalized spacial score (nSPS) is 20.2. The molecule has 2 N–H and O–H groups in total. The van der Waals surface area contributed by atoms with Crippen LogP contribution in [0.4, 0.5) is 0 Å². The molecule has 1 aromatic rings. The molecule has 5 heteroatoms. The Morgan fingerprint density at radius 1 is 1.37 bits per heavy atom. The van der Waals surface area contributed by atoms with Crippen molar-refractivity contribution in [1.29, 1.82) is 0 Å². The summed E-state index contributed by atoms with van der Waals surface area (Å²) in [6.45, 7) is 3.77. The summed E-state index contributed by atoms with van der Waals surface area (Å²) in [6, 6.07) is 5.63. The minimum absolute atomic E-state index is 0.0399. The maximum Gasteiger partial charge on any atom is 0.0815 e. The van der Waals surface area contributed by atoms with Crippen LogP contribution in [0.1, 0.15) is 31.4 Å². The van der Waals surface area contributed by atoms with E-state index in [0.29, 0.717) is 42.6 Å². The summed E-state index contributed by atoms with van der Waals surface area (Å²) in [6.07, 6.45) is 1.33. The molecule has 106 valence electrons. The van der Waals surface area contributed by atoms with Gasteiger partial charge in [0.2, 0.25) is 0 Å². The molecule has 2 rings (SSSR count). The number of nitrogens with one attached hydrogen (secondary N) is 1. The minimum Gasteiger partial charge on any atom is -0.388 e. The van der Waals surface area contributed by atoms with Crippen LogP contribution < -0.4 is 5.32 Å². The molecule has 19 heavy (non-hydrogen) atoms. The van der Waals surface area contributed by atoms with Gasteiger partial charge in [0.15, 0.2) is 0 Å². The predicted octanol–water partition coefficient (Wildman–Crippen LogP) is 3.19.